The summed E-state index contributed by atoms with van der Waals surface area (Å²) in [6.45, 7) is 7.11. The first kappa shape index (κ1) is 16.2. The van der Waals surface area contributed by atoms with E-state index in [2.05, 4.69) is 85.5 Å². The number of benzene rings is 5. The Labute approximate surface area is 165 Å². The molecule has 1 fully saturated rings. The van der Waals surface area contributed by atoms with Crippen LogP contribution >= 0.6 is 0 Å². The molecule has 1 aliphatic rings. The fourth-order valence-corrected chi connectivity index (χ4v) is 5.76. The minimum atomic E-state index is 0.744. The summed E-state index contributed by atoms with van der Waals surface area (Å²) in [6, 6.07) is 25.0. The predicted octanol–water partition coefficient (Wildman–Crippen LogP) is 7.22. The first-order valence-corrected chi connectivity index (χ1v) is 10.5. The molecule has 0 N–H and O–H groups in total. The summed E-state index contributed by atoms with van der Waals surface area (Å²) in [5.74, 6) is 1.49. The molecule has 138 valence electrons. The number of nitrogens with zero attached hydrogens (tertiary/aromatic N) is 1. The molecular formula is C27H25N. The standard InChI is InChI=1S/C27H25N/c1-17-14-18(2)16-28(15-17)24-13-12-20-8-4-10-22-21-9-3-6-19-7-5-11-23(25(19)21)27(24)26(20)22/h3-13,17-18H,14-16H2,1-2H3. The SMILES string of the molecule is CC1CC(C)CN(c2ccc3cccc4c5cccc6cccc(c2c34)c65)C1. The van der Waals surface area contributed by atoms with E-state index in [4.69, 9.17) is 0 Å². The first-order chi connectivity index (χ1) is 13.7. The van der Waals surface area contributed by atoms with Gasteiger partial charge in [0.2, 0.25) is 0 Å². The van der Waals surface area contributed by atoms with Crippen molar-refractivity contribution >= 4 is 48.8 Å². The largest absolute Gasteiger partial charge is 0.370 e. The van der Waals surface area contributed by atoms with Crippen LogP contribution in [0.3, 0.4) is 0 Å². The molecule has 1 nitrogen and oxygen atoms in total. The van der Waals surface area contributed by atoms with Gasteiger partial charge in [-0.25, -0.2) is 0 Å². The lowest BCUT2D eigenvalue weighted by Crippen LogP contribution is -2.38. The Morgan fingerprint density at radius 1 is 0.607 bits per heavy atom. The Morgan fingerprint density at radius 3 is 1.86 bits per heavy atom. The van der Waals surface area contributed by atoms with Crippen molar-refractivity contribution in [3.05, 3.63) is 66.7 Å². The van der Waals surface area contributed by atoms with Crippen LogP contribution in [0, 0.1) is 11.8 Å². The van der Waals surface area contributed by atoms with E-state index in [1.54, 1.807) is 0 Å². The number of anilines is 1. The zero-order chi connectivity index (χ0) is 18.8. The second-order valence-electron chi connectivity index (χ2n) is 8.92. The van der Waals surface area contributed by atoms with Crippen LogP contribution in [0.15, 0.2) is 66.7 Å². The number of fused-ring (bicyclic) bond motifs is 2. The van der Waals surface area contributed by atoms with E-state index >= 15 is 0 Å². The molecule has 0 bridgehead atoms. The average molecular weight is 364 g/mol. The molecule has 1 heteroatoms. The van der Waals surface area contributed by atoms with Gasteiger partial charge in [0.25, 0.3) is 0 Å². The minimum Gasteiger partial charge on any atom is -0.370 e. The van der Waals surface area contributed by atoms with Crippen molar-refractivity contribution in [2.75, 3.05) is 18.0 Å². The second kappa shape index (κ2) is 5.85. The highest BCUT2D eigenvalue weighted by Crippen LogP contribution is 2.44. The van der Waals surface area contributed by atoms with Crippen molar-refractivity contribution in [3.8, 4) is 0 Å². The van der Waals surface area contributed by atoms with Gasteiger partial charge in [-0.15, -0.1) is 0 Å². The summed E-state index contributed by atoms with van der Waals surface area (Å²) < 4.78 is 0. The molecule has 0 radical (unpaired) electrons. The summed E-state index contributed by atoms with van der Waals surface area (Å²) in [5, 5.41) is 11.1. The lowest BCUT2D eigenvalue weighted by Gasteiger charge is -2.37. The van der Waals surface area contributed by atoms with E-state index in [9.17, 15) is 0 Å². The third-order valence-corrected chi connectivity index (χ3v) is 6.70. The fraction of sp³-hybridized carbons (Fsp3) is 0.259. The summed E-state index contributed by atoms with van der Waals surface area (Å²) in [4.78, 5) is 2.65. The zero-order valence-electron chi connectivity index (χ0n) is 16.6. The predicted molar refractivity (Wildman–Crippen MR) is 123 cm³/mol. The van der Waals surface area contributed by atoms with E-state index in [1.165, 1.54) is 55.2 Å². The van der Waals surface area contributed by atoms with E-state index in [-0.39, 0.29) is 0 Å². The van der Waals surface area contributed by atoms with Crippen LogP contribution in [0.25, 0.3) is 43.1 Å². The maximum absolute atomic E-state index is 2.65. The Bertz CT molecular complexity index is 1320. The van der Waals surface area contributed by atoms with E-state index in [0.717, 1.165) is 24.9 Å². The highest BCUT2D eigenvalue weighted by molar-refractivity contribution is 6.35. The molecular weight excluding hydrogens is 338 g/mol. The normalized spacial score (nSPS) is 20.7. The quantitative estimate of drug-likeness (QED) is 0.224. The van der Waals surface area contributed by atoms with Crippen molar-refractivity contribution in [1.29, 1.82) is 0 Å². The molecule has 6 rings (SSSR count). The summed E-state index contributed by atoms with van der Waals surface area (Å²) >= 11 is 0. The summed E-state index contributed by atoms with van der Waals surface area (Å²) in [5.41, 5.74) is 1.42. The van der Waals surface area contributed by atoms with Gasteiger partial charge in [0.05, 0.1) is 0 Å². The summed E-state index contributed by atoms with van der Waals surface area (Å²) in [6.07, 6.45) is 1.34. The first-order valence-electron chi connectivity index (χ1n) is 10.5. The van der Waals surface area contributed by atoms with Crippen molar-refractivity contribution in [1.82, 2.24) is 0 Å². The van der Waals surface area contributed by atoms with Crippen molar-refractivity contribution in [2.45, 2.75) is 20.3 Å². The van der Waals surface area contributed by atoms with Crippen LogP contribution in [-0.2, 0) is 0 Å². The van der Waals surface area contributed by atoms with Gasteiger partial charge in [0, 0.05) is 24.2 Å². The summed E-state index contributed by atoms with van der Waals surface area (Å²) in [7, 11) is 0. The van der Waals surface area contributed by atoms with E-state index < -0.39 is 0 Å². The fourth-order valence-electron chi connectivity index (χ4n) is 5.76. The molecule has 0 spiro atoms. The third-order valence-electron chi connectivity index (χ3n) is 6.70. The number of hydrogen-bond donors (Lipinski definition) is 0. The smallest absolute Gasteiger partial charge is 0.0453 e. The van der Waals surface area contributed by atoms with Crippen LogP contribution in [-0.4, -0.2) is 13.1 Å². The highest BCUT2D eigenvalue weighted by atomic mass is 15.1. The van der Waals surface area contributed by atoms with E-state index in [0.29, 0.717) is 0 Å². The molecule has 0 saturated carbocycles. The van der Waals surface area contributed by atoms with Crippen molar-refractivity contribution < 1.29 is 0 Å². The van der Waals surface area contributed by atoms with Gasteiger partial charge in [-0.1, -0.05) is 74.5 Å². The Balaban J connectivity index is 1.81. The molecule has 5 aromatic rings. The highest BCUT2D eigenvalue weighted by Gasteiger charge is 2.25. The number of rotatable bonds is 1. The number of piperidine rings is 1. The van der Waals surface area contributed by atoms with E-state index in [1.807, 2.05) is 0 Å². The molecule has 1 saturated heterocycles. The molecule has 0 amide bonds. The minimum absolute atomic E-state index is 0.744. The van der Waals surface area contributed by atoms with Crippen LogP contribution in [0.2, 0.25) is 0 Å². The van der Waals surface area contributed by atoms with Crippen LogP contribution in [0.5, 0.6) is 0 Å². The Morgan fingerprint density at radius 2 is 1.18 bits per heavy atom. The van der Waals surface area contributed by atoms with Gasteiger partial charge in [0.1, 0.15) is 0 Å². The Kier molecular flexibility index (Phi) is 3.38. The van der Waals surface area contributed by atoms with Crippen molar-refractivity contribution in [3.63, 3.8) is 0 Å². The molecule has 0 aromatic heterocycles. The maximum Gasteiger partial charge on any atom is 0.0453 e. The van der Waals surface area contributed by atoms with Gasteiger partial charge < -0.3 is 4.90 Å². The maximum atomic E-state index is 2.65. The zero-order valence-corrected chi connectivity index (χ0v) is 16.6. The molecule has 2 atom stereocenters. The number of hydrogen-bond acceptors (Lipinski definition) is 1. The van der Waals surface area contributed by atoms with Crippen LogP contribution in [0.4, 0.5) is 5.69 Å². The lowest BCUT2D eigenvalue weighted by atomic mass is 9.87. The van der Waals surface area contributed by atoms with Gasteiger partial charge in [-0.2, -0.15) is 0 Å². The molecule has 5 aromatic carbocycles. The monoisotopic (exact) mass is 363 g/mol. The topological polar surface area (TPSA) is 3.24 Å². The van der Waals surface area contributed by atoms with Gasteiger partial charge in [-0.3, -0.25) is 0 Å². The lowest BCUT2D eigenvalue weighted by molar-refractivity contribution is 0.357. The molecule has 1 aliphatic heterocycles. The molecule has 0 aliphatic carbocycles. The average Bonchev–Trinajstić information content (AvgIpc) is 2.70. The molecule has 28 heavy (non-hydrogen) atoms. The van der Waals surface area contributed by atoms with Gasteiger partial charge in [-0.05, 0) is 62.0 Å². The molecule has 2 unspecified atom stereocenters. The second-order valence-corrected chi connectivity index (χ2v) is 8.92. The van der Waals surface area contributed by atoms with Crippen molar-refractivity contribution in [2.24, 2.45) is 11.8 Å². The van der Waals surface area contributed by atoms with Gasteiger partial charge in [0.15, 0.2) is 0 Å². The van der Waals surface area contributed by atoms with Crippen LogP contribution < -0.4 is 4.90 Å². The Hall–Kier alpha value is -2.80. The molecule has 1 heterocycles. The van der Waals surface area contributed by atoms with Crippen LogP contribution in [0.1, 0.15) is 20.3 Å². The van der Waals surface area contributed by atoms with Gasteiger partial charge >= 0.3 is 0 Å². The third kappa shape index (κ3) is 2.19.